The van der Waals surface area contributed by atoms with Gasteiger partial charge in [0.05, 0.1) is 0 Å². The van der Waals surface area contributed by atoms with Gasteiger partial charge in [-0.15, -0.1) is 0 Å². The first-order chi connectivity index (χ1) is 7.40. The number of nitrogens with two attached hydrogens (primary N) is 2. The fourth-order valence-electron chi connectivity index (χ4n) is 1.78. The minimum atomic E-state index is -1.29. The van der Waals surface area contributed by atoms with Crippen molar-refractivity contribution in [3.8, 4) is 0 Å². The Hall–Kier alpha value is -1.39. The van der Waals surface area contributed by atoms with E-state index in [9.17, 15) is 9.90 Å². The fraction of sp³-hybridized carbons (Fsp3) is 0.417. The van der Waals surface area contributed by atoms with Crippen LogP contribution >= 0.6 is 0 Å². The third-order valence-electron chi connectivity index (χ3n) is 2.45. The minimum absolute atomic E-state index is 0.437. The standard InChI is InChI=1S/C12H18N2O2/c1-7-3-8(2)5-9(4-7)6-10(13)11(15)12(14)16/h3-5,10-11,15H,6,13H2,1-2H3,(H2,14,16)/t10-,11?/m0/s1. The second-order valence-corrected chi connectivity index (χ2v) is 4.21. The SMILES string of the molecule is Cc1cc(C)cc(C[C@H](N)C(O)C(N)=O)c1. The molecule has 1 aromatic rings. The third-order valence-corrected chi connectivity index (χ3v) is 2.45. The van der Waals surface area contributed by atoms with Crippen LogP contribution in [0.5, 0.6) is 0 Å². The van der Waals surface area contributed by atoms with E-state index in [1.165, 1.54) is 0 Å². The molecule has 2 atom stereocenters. The van der Waals surface area contributed by atoms with E-state index < -0.39 is 18.1 Å². The molecule has 0 aliphatic carbocycles. The van der Waals surface area contributed by atoms with Gasteiger partial charge in [0.2, 0.25) is 5.91 Å². The number of carbonyl (C=O) groups excluding carboxylic acids is 1. The molecule has 1 amide bonds. The molecule has 0 aromatic heterocycles. The lowest BCUT2D eigenvalue weighted by atomic mass is 9.98. The highest BCUT2D eigenvalue weighted by molar-refractivity contribution is 5.79. The van der Waals surface area contributed by atoms with Crippen molar-refractivity contribution in [1.29, 1.82) is 0 Å². The van der Waals surface area contributed by atoms with E-state index >= 15 is 0 Å². The van der Waals surface area contributed by atoms with E-state index in [1.807, 2.05) is 26.0 Å². The Balaban J connectivity index is 2.76. The maximum absolute atomic E-state index is 10.8. The molecule has 0 saturated carbocycles. The molecule has 5 N–H and O–H groups in total. The molecule has 16 heavy (non-hydrogen) atoms. The lowest BCUT2D eigenvalue weighted by molar-refractivity contribution is -0.126. The number of aliphatic hydroxyl groups is 1. The fourth-order valence-corrected chi connectivity index (χ4v) is 1.78. The lowest BCUT2D eigenvalue weighted by Gasteiger charge is -2.16. The summed E-state index contributed by atoms with van der Waals surface area (Å²) in [5, 5.41) is 9.40. The van der Waals surface area contributed by atoms with Crippen LogP contribution < -0.4 is 11.5 Å². The van der Waals surface area contributed by atoms with Crippen molar-refractivity contribution in [3.63, 3.8) is 0 Å². The molecule has 0 saturated heterocycles. The van der Waals surface area contributed by atoms with Gasteiger partial charge in [0.15, 0.2) is 0 Å². The van der Waals surface area contributed by atoms with Gasteiger partial charge in [0.25, 0.3) is 0 Å². The lowest BCUT2D eigenvalue weighted by Crippen LogP contribution is -2.45. The molecule has 1 rings (SSSR count). The van der Waals surface area contributed by atoms with Gasteiger partial charge in [0.1, 0.15) is 6.10 Å². The summed E-state index contributed by atoms with van der Waals surface area (Å²) < 4.78 is 0. The van der Waals surface area contributed by atoms with Crippen LogP contribution in [-0.4, -0.2) is 23.2 Å². The predicted molar refractivity (Wildman–Crippen MR) is 62.8 cm³/mol. The van der Waals surface area contributed by atoms with Crippen molar-refractivity contribution in [2.75, 3.05) is 0 Å². The topological polar surface area (TPSA) is 89.3 Å². The Bertz CT molecular complexity index is 370. The van der Waals surface area contributed by atoms with Crippen molar-refractivity contribution in [3.05, 3.63) is 34.9 Å². The summed E-state index contributed by atoms with van der Waals surface area (Å²) >= 11 is 0. The minimum Gasteiger partial charge on any atom is -0.382 e. The van der Waals surface area contributed by atoms with Gasteiger partial charge < -0.3 is 16.6 Å². The number of amides is 1. The first-order valence-corrected chi connectivity index (χ1v) is 5.20. The van der Waals surface area contributed by atoms with E-state index in [2.05, 4.69) is 6.07 Å². The molecule has 4 nitrogen and oxygen atoms in total. The van der Waals surface area contributed by atoms with Crippen molar-refractivity contribution in [1.82, 2.24) is 0 Å². The average Bonchev–Trinajstić information content (AvgIpc) is 2.14. The summed E-state index contributed by atoms with van der Waals surface area (Å²) in [6.45, 7) is 3.99. The molecule has 0 bridgehead atoms. The van der Waals surface area contributed by atoms with E-state index in [0.717, 1.165) is 16.7 Å². The van der Waals surface area contributed by atoms with Gasteiger partial charge in [-0.2, -0.15) is 0 Å². The molecular formula is C12H18N2O2. The third kappa shape index (κ3) is 3.32. The van der Waals surface area contributed by atoms with Crippen molar-refractivity contribution < 1.29 is 9.90 Å². The van der Waals surface area contributed by atoms with Gasteiger partial charge in [-0.25, -0.2) is 0 Å². The molecule has 0 radical (unpaired) electrons. The number of primary amides is 1. The van der Waals surface area contributed by atoms with Crippen LogP contribution in [0.3, 0.4) is 0 Å². The van der Waals surface area contributed by atoms with E-state index in [0.29, 0.717) is 6.42 Å². The number of hydrogen-bond donors (Lipinski definition) is 3. The second-order valence-electron chi connectivity index (χ2n) is 4.21. The number of aryl methyl sites for hydroxylation is 2. The summed E-state index contributed by atoms with van der Waals surface area (Å²) in [4.78, 5) is 10.8. The van der Waals surface area contributed by atoms with Crippen LogP contribution in [0.1, 0.15) is 16.7 Å². The zero-order valence-corrected chi connectivity index (χ0v) is 9.60. The smallest absolute Gasteiger partial charge is 0.247 e. The Labute approximate surface area is 95.3 Å². The van der Waals surface area contributed by atoms with Gasteiger partial charge in [-0.3, -0.25) is 4.79 Å². The highest BCUT2D eigenvalue weighted by atomic mass is 16.3. The quantitative estimate of drug-likeness (QED) is 0.671. The van der Waals surface area contributed by atoms with E-state index in [4.69, 9.17) is 11.5 Å². The molecule has 1 aromatic carbocycles. The highest BCUT2D eigenvalue weighted by Gasteiger charge is 2.20. The Morgan fingerprint density at radius 2 is 1.81 bits per heavy atom. The van der Waals surface area contributed by atoms with Gasteiger partial charge in [0, 0.05) is 6.04 Å². The normalized spacial score (nSPS) is 14.5. The number of aliphatic hydroxyl groups excluding tert-OH is 1. The van der Waals surface area contributed by atoms with Crippen molar-refractivity contribution in [2.45, 2.75) is 32.4 Å². The summed E-state index contributed by atoms with van der Waals surface area (Å²) in [5.74, 6) is -0.781. The first kappa shape index (κ1) is 12.7. The van der Waals surface area contributed by atoms with Gasteiger partial charge in [-0.1, -0.05) is 29.3 Å². The molecule has 0 aliphatic rings. The van der Waals surface area contributed by atoms with Gasteiger partial charge in [-0.05, 0) is 25.8 Å². The van der Waals surface area contributed by atoms with E-state index in [-0.39, 0.29) is 0 Å². The van der Waals surface area contributed by atoms with Crippen LogP contribution in [0, 0.1) is 13.8 Å². The Morgan fingerprint density at radius 1 is 1.31 bits per heavy atom. The monoisotopic (exact) mass is 222 g/mol. The summed E-state index contributed by atoms with van der Waals surface area (Å²) in [6.07, 6.45) is -0.854. The Kier molecular flexibility index (Phi) is 4.04. The zero-order valence-electron chi connectivity index (χ0n) is 9.60. The van der Waals surface area contributed by atoms with Crippen molar-refractivity contribution >= 4 is 5.91 Å². The molecule has 4 heteroatoms. The summed E-state index contributed by atoms with van der Waals surface area (Å²) in [7, 11) is 0. The number of benzene rings is 1. The van der Waals surface area contributed by atoms with Gasteiger partial charge >= 0.3 is 0 Å². The van der Waals surface area contributed by atoms with Crippen LogP contribution in [0.2, 0.25) is 0 Å². The molecule has 0 heterocycles. The molecule has 0 fully saturated rings. The van der Waals surface area contributed by atoms with Crippen LogP contribution in [0.25, 0.3) is 0 Å². The summed E-state index contributed by atoms with van der Waals surface area (Å²) in [5.41, 5.74) is 14.0. The molecule has 0 spiro atoms. The first-order valence-electron chi connectivity index (χ1n) is 5.20. The van der Waals surface area contributed by atoms with E-state index in [1.54, 1.807) is 0 Å². The highest BCUT2D eigenvalue weighted by Crippen LogP contribution is 2.11. The van der Waals surface area contributed by atoms with Crippen LogP contribution in [0.4, 0.5) is 0 Å². The number of hydrogen-bond acceptors (Lipinski definition) is 3. The molecule has 88 valence electrons. The molecule has 0 aliphatic heterocycles. The Morgan fingerprint density at radius 3 is 2.25 bits per heavy atom. The summed E-state index contributed by atoms with van der Waals surface area (Å²) in [6, 6.07) is 5.37. The second kappa shape index (κ2) is 5.09. The zero-order chi connectivity index (χ0) is 12.3. The largest absolute Gasteiger partial charge is 0.382 e. The predicted octanol–water partition coefficient (Wildman–Crippen LogP) is 0.0194. The molecule has 1 unspecified atom stereocenters. The van der Waals surface area contributed by atoms with Crippen LogP contribution in [0.15, 0.2) is 18.2 Å². The van der Waals surface area contributed by atoms with Crippen molar-refractivity contribution in [2.24, 2.45) is 11.5 Å². The van der Waals surface area contributed by atoms with Crippen LogP contribution in [-0.2, 0) is 11.2 Å². The maximum Gasteiger partial charge on any atom is 0.247 e. The maximum atomic E-state index is 10.8. The average molecular weight is 222 g/mol. The molecular weight excluding hydrogens is 204 g/mol. The number of rotatable bonds is 4. The number of carbonyl (C=O) groups is 1.